The summed E-state index contributed by atoms with van der Waals surface area (Å²) in [7, 11) is 0. The summed E-state index contributed by atoms with van der Waals surface area (Å²) in [5.41, 5.74) is -0.0781. The van der Waals surface area contributed by atoms with Crippen LogP contribution >= 0.6 is 0 Å². The Kier molecular flexibility index (Phi) is 7.77. The monoisotopic (exact) mass is 470 g/mol. The third kappa shape index (κ3) is 5.54. The first kappa shape index (κ1) is 25.3. The highest BCUT2D eigenvalue weighted by molar-refractivity contribution is 5.15. The van der Waals surface area contributed by atoms with Gasteiger partial charge in [0.15, 0.2) is 0 Å². The summed E-state index contributed by atoms with van der Waals surface area (Å²) in [6.07, 6.45) is 0.293. The van der Waals surface area contributed by atoms with E-state index in [-0.39, 0.29) is 18.8 Å². The molecule has 6 atom stereocenters. The van der Waals surface area contributed by atoms with Crippen molar-refractivity contribution in [1.29, 1.82) is 0 Å². The average Bonchev–Trinajstić information content (AvgIpc) is 2.84. The second-order valence-electron chi connectivity index (χ2n) is 10.3. The van der Waals surface area contributed by atoms with Crippen LogP contribution in [0.5, 0.6) is 0 Å². The number of hydrogen-bond donors (Lipinski definition) is 2. The van der Waals surface area contributed by atoms with Gasteiger partial charge in [0.2, 0.25) is 0 Å². The van der Waals surface area contributed by atoms with Gasteiger partial charge in [0.25, 0.3) is 0 Å². The molecule has 2 saturated heterocycles. The molecular formula is C28H38O6. The standard InChI is InChI=1S/C28H38O6/c1-26(14-15-31-18-21-10-6-4-7-11-21)25(32-19-22-12-8-5-9-13-22)17-27(2)24(33-26)16-23(30)28(3,20-29)34-27/h4-13,23-25,29-30H,14-20H2,1-3H3/t23-,24+,25+,26-,27-,28+/m0/s1. The average molecular weight is 471 g/mol. The van der Waals surface area contributed by atoms with Crippen molar-refractivity contribution in [3.63, 3.8) is 0 Å². The van der Waals surface area contributed by atoms with Crippen molar-refractivity contribution in [2.45, 2.75) is 88.4 Å². The van der Waals surface area contributed by atoms with Gasteiger partial charge in [-0.05, 0) is 31.9 Å². The number of ether oxygens (including phenoxy) is 4. The summed E-state index contributed by atoms with van der Waals surface area (Å²) >= 11 is 0. The molecule has 0 spiro atoms. The van der Waals surface area contributed by atoms with Crippen molar-refractivity contribution >= 4 is 0 Å². The van der Waals surface area contributed by atoms with Gasteiger partial charge in [-0.2, -0.15) is 0 Å². The maximum Gasteiger partial charge on any atom is 0.115 e. The highest BCUT2D eigenvalue weighted by atomic mass is 16.6. The first-order valence-electron chi connectivity index (χ1n) is 12.2. The van der Waals surface area contributed by atoms with Crippen LogP contribution in [0.2, 0.25) is 0 Å². The Morgan fingerprint density at radius 3 is 2.15 bits per heavy atom. The zero-order valence-electron chi connectivity index (χ0n) is 20.5. The molecule has 6 heteroatoms. The van der Waals surface area contributed by atoms with Gasteiger partial charge in [-0.3, -0.25) is 0 Å². The van der Waals surface area contributed by atoms with E-state index in [1.165, 1.54) is 0 Å². The Balaban J connectivity index is 1.47. The fraction of sp³-hybridized carbons (Fsp3) is 0.571. The van der Waals surface area contributed by atoms with E-state index >= 15 is 0 Å². The molecule has 0 bridgehead atoms. The summed E-state index contributed by atoms with van der Waals surface area (Å²) < 4.78 is 25.5. The molecule has 0 amide bonds. The molecule has 0 saturated carbocycles. The van der Waals surface area contributed by atoms with E-state index in [0.717, 1.165) is 11.1 Å². The molecule has 0 unspecified atom stereocenters. The highest BCUT2D eigenvalue weighted by Gasteiger charge is 2.59. The number of aliphatic hydroxyl groups excluding tert-OH is 2. The van der Waals surface area contributed by atoms with Crippen molar-refractivity contribution in [1.82, 2.24) is 0 Å². The fourth-order valence-electron chi connectivity index (χ4n) is 5.10. The number of aliphatic hydroxyl groups is 2. The van der Waals surface area contributed by atoms with Crippen LogP contribution in [0.15, 0.2) is 60.7 Å². The van der Waals surface area contributed by atoms with E-state index in [1.807, 2.05) is 55.5 Å². The smallest absolute Gasteiger partial charge is 0.115 e. The van der Waals surface area contributed by atoms with Crippen LogP contribution in [-0.2, 0) is 32.2 Å². The van der Waals surface area contributed by atoms with E-state index in [2.05, 4.69) is 19.1 Å². The van der Waals surface area contributed by atoms with Gasteiger partial charge in [0, 0.05) is 25.9 Å². The second kappa shape index (κ2) is 10.4. The third-order valence-electron chi connectivity index (χ3n) is 7.44. The molecule has 2 N–H and O–H groups in total. The van der Waals surface area contributed by atoms with Gasteiger partial charge >= 0.3 is 0 Å². The number of hydrogen-bond acceptors (Lipinski definition) is 6. The molecule has 0 radical (unpaired) electrons. The van der Waals surface area contributed by atoms with Gasteiger partial charge in [-0.1, -0.05) is 60.7 Å². The molecule has 186 valence electrons. The lowest BCUT2D eigenvalue weighted by molar-refractivity contribution is -0.343. The number of benzene rings is 2. The molecule has 2 heterocycles. The summed E-state index contributed by atoms with van der Waals surface area (Å²) in [6.45, 7) is 7.11. The quantitative estimate of drug-likeness (QED) is 0.539. The molecule has 2 aliphatic heterocycles. The minimum absolute atomic E-state index is 0.243. The van der Waals surface area contributed by atoms with E-state index < -0.39 is 22.9 Å². The zero-order chi connectivity index (χ0) is 24.2. The van der Waals surface area contributed by atoms with Crippen LogP contribution in [-0.4, -0.2) is 58.5 Å². The minimum atomic E-state index is -1.02. The van der Waals surface area contributed by atoms with Gasteiger partial charge in [0.1, 0.15) is 5.60 Å². The van der Waals surface area contributed by atoms with Gasteiger partial charge in [-0.15, -0.1) is 0 Å². The molecule has 0 aromatic heterocycles. The van der Waals surface area contributed by atoms with Crippen LogP contribution in [0.4, 0.5) is 0 Å². The van der Waals surface area contributed by atoms with E-state index in [4.69, 9.17) is 18.9 Å². The second-order valence-corrected chi connectivity index (χ2v) is 10.3. The largest absolute Gasteiger partial charge is 0.393 e. The van der Waals surface area contributed by atoms with E-state index in [9.17, 15) is 10.2 Å². The van der Waals surface area contributed by atoms with Gasteiger partial charge < -0.3 is 29.2 Å². The predicted octanol–water partition coefficient (Wildman–Crippen LogP) is 4.02. The van der Waals surface area contributed by atoms with Gasteiger partial charge in [0.05, 0.1) is 49.3 Å². The molecule has 0 aliphatic carbocycles. The molecule has 4 rings (SSSR count). The summed E-state index contributed by atoms with van der Waals surface area (Å²) in [4.78, 5) is 0. The maximum absolute atomic E-state index is 10.7. The van der Waals surface area contributed by atoms with Crippen molar-refractivity contribution in [2.75, 3.05) is 13.2 Å². The lowest BCUT2D eigenvalue weighted by Gasteiger charge is -2.58. The van der Waals surface area contributed by atoms with Crippen molar-refractivity contribution in [2.24, 2.45) is 0 Å². The molecule has 6 nitrogen and oxygen atoms in total. The summed E-state index contributed by atoms with van der Waals surface area (Å²) in [5.74, 6) is 0. The minimum Gasteiger partial charge on any atom is -0.393 e. The van der Waals surface area contributed by atoms with Crippen LogP contribution < -0.4 is 0 Å². The third-order valence-corrected chi connectivity index (χ3v) is 7.44. The predicted molar refractivity (Wildman–Crippen MR) is 129 cm³/mol. The SMILES string of the molecule is C[C@]1(CO)O[C@@]2(C)C[C@@H](OCc3ccccc3)[C@](C)(CCOCc3ccccc3)O[C@@H]2C[C@@H]1O. The van der Waals surface area contributed by atoms with Gasteiger partial charge in [-0.25, -0.2) is 0 Å². The fourth-order valence-corrected chi connectivity index (χ4v) is 5.10. The van der Waals surface area contributed by atoms with Crippen molar-refractivity contribution in [3.8, 4) is 0 Å². The summed E-state index contributed by atoms with van der Waals surface area (Å²) in [6, 6.07) is 20.2. The first-order valence-corrected chi connectivity index (χ1v) is 12.2. The number of rotatable bonds is 9. The van der Waals surface area contributed by atoms with E-state index in [0.29, 0.717) is 39.1 Å². The molecule has 2 aromatic carbocycles. The van der Waals surface area contributed by atoms with Crippen LogP contribution in [0.25, 0.3) is 0 Å². The normalized spacial score (nSPS) is 35.6. The molecular weight excluding hydrogens is 432 g/mol. The topological polar surface area (TPSA) is 77.4 Å². The Bertz CT molecular complexity index is 908. The van der Waals surface area contributed by atoms with E-state index in [1.54, 1.807) is 6.92 Å². The maximum atomic E-state index is 10.7. The van der Waals surface area contributed by atoms with Crippen LogP contribution in [0.1, 0.15) is 51.2 Å². The first-order chi connectivity index (χ1) is 16.3. The van der Waals surface area contributed by atoms with Crippen molar-refractivity contribution in [3.05, 3.63) is 71.8 Å². The Labute approximate surface area is 202 Å². The molecule has 34 heavy (non-hydrogen) atoms. The molecule has 2 fully saturated rings. The molecule has 2 aliphatic rings. The van der Waals surface area contributed by atoms with Crippen LogP contribution in [0.3, 0.4) is 0 Å². The lowest BCUT2D eigenvalue weighted by Crippen LogP contribution is -2.69. The van der Waals surface area contributed by atoms with Crippen molar-refractivity contribution < 1.29 is 29.2 Å². The Morgan fingerprint density at radius 2 is 1.53 bits per heavy atom. The molecule has 2 aromatic rings. The lowest BCUT2D eigenvalue weighted by atomic mass is 9.74. The Hall–Kier alpha value is -1.80. The highest BCUT2D eigenvalue weighted by Crippen LogP contribution is 2.48. The Morgan fingerprint density at radius 1 is 0.912 bits per heavy atom. The number of fused-ring (bicyclic) bond motifs is 1. The zero-order valence-corrected chi connectivity index (χ0v) is 20.5. The summed E-state index contributed by atoms with van der Waals surface area (Å²) in [5, 5.41) is 20.6. The van der Waals surface area contributed by atoms with Crippen LogP contribution in [0, 0.1) is 0 Å².